The van der Waals surface area contributed by atoms with E-state index in [1.165, 1.54) is 0 Å². The number of hydrogen-bond acceptors (Lipinski definition) is 5. The molecular weight excluding hydrogens is 394 g/mol. The first-order valence-electron chi connectivity index (χ1n) is 10.4. The number of amides is 2. The summed E-state index contributed by atoms with van der Waals surface area (Å²) in [5, 5.41) is 16.3. The van der Waals surface area contributed by atoms with Crippen LogP contribution >= 0.6 is 0 Å². The first kappa shape index (κ1) is 23.7. The Hall–Kier alpha value is -3.55. The van der Waals surface area contributed by atoms with Crippen LogP contribution in [0.1, 0.15) is 49.4 Å². The Morgan fingerprint density at radius 2 is 1.81 bits per heavy atom. The highest BCUT2D eigenvalue weighted by atomic mass is 16.5. The number of esters is 1. The van der Waals surface area contributed by atoms with E-state index in [4.69, 9.17) is 15.9 Å². The number of nitrogens with one attached hydrogen (secondary N) is 4. The van der Waals surface area contributed by atoms with Gasteiger partial charge < -0.3 is 26.4 Å². The van der Waals surface area contributed by atoms with Crippen molar-refractivity contribution in [3.8, 4) is 0 Å². The van der Waals surface area contributed by atoms with Crippen molar-refractivity contribution < 1.29 is 14.3 Å². The fraction of sp³-hybridized carbons (Fsp3) is 0.348. The molecule has 31 heavy (non-hydrogen) atoms. The van der Waals surface area contributed by atoms with Crippen molar-refractivity contribution in [3.05, 3.63) is 59.2 Å². The van der Waals surface area contributed by atoms with E-state index in [9.17, 15) is 9.59 Å². The third kappa shape index (κ3) is 7.33. The van der Waals surface area contributed by atoms with Gasteiger partial charge in [0.1, 0.15) is 5.84 Å². The van der Waals surface area contributed by atoms with Crippen LogP contribution in [0, 0.1) is 12.3 Å². The zero-order valence-corrected chi connectivity index (χ0v) is 18.2. The van der Waals surface area contributed by atoms with Crippen LogP contribution in [-0.2, 0) is 9.53 Å². The fourth-order valence-electron chi connectivity index (χ4n) is 3.02. The van der Waals surface area contributed by atoms with E-state index in [0.29, 0.717) is 29.0 Å². The average molecular weight is 426 g/mol. The number of hydrogen-bond donors (Lipinski definition) is 5. The summed E-state index contributed by atoms with van der Waals surface area (Å²) in [5.74, 6) is -0.456. The second-order valence-corrected chi connectivity index (χ2v) is 7.19. The molecule has 2 aromatic rings. The Balaban J connectivity index is 2.26. The van der Waals surface area contributed by atoms with Gasteiger partial charge in [-0.1, -0.05) is 19.4 Å². The van der Waals surface area contributed by atoms with Crippen molar-refractivity contribution in [2.75, 3.05) is 23.8 Å². The maximum Gasteiger partial charge on any atom is 0.333 e. The van der Waals surface area contributed by atoms with Gasteiger partial charge in [-0.3, -0.25) is 5.41 Å². The SMILES string of the molecule is CCCCNC(=O)Nc1cc(C)cc(C(Nc2ccc(C(=N)N)cc2)C(=O)OCC)c1. The van der Waals surface area contributed by atoms with Crippen molar-refractivity contribution in [2.24, 2.45) is 5.73 Å². The maximum absolute atomic E-state index is 12.7. The largest absolute Gasteiger partial charge is 0.464 e. The van der Waals surface area contributed by atoms with E-state index in [0.717, 1.165) is 18.4 Å². The molecule has 0 spiro atoms. The highest BCUT2D eigenvalue weighted by molar-refractivity contribution is 5.95. The minimum atomic E-state index is -0.772. The normalized spacial score (nSPS) is 11.3. The number of carbonyl (C=O) groups excluding carboxylic acids is 2. The lowest BCUT2D eigenvalue weighted by Gasteiger charge is -2.20. The predicted octanol–water partition coefficient (Wildman–Crippen LogP) is 3.92. The number of unbranched alkanes of at least 4 members (excludes halogenated alkanes) is 1. The molecular formula is C23H31N5O3. The van der Waals surface area contributed by atoms with Gasteiger partial charge in [-0.15, -0.1) is 0 Å². The number of carbonyl (C=O) groups is 2. The molecule has 0 saturated heterocycles. The molecule has 0 saturated carbocycles. The Morgan fingerprint density at radius 3 is 2.42 bits per heavy atom. The minimum absolute atomic E-state index is 0.0277. The van der Waals surface area contributed by atoms with Gasteiger partial charge in [0.2, 0.25) is 0 Å². The van der Waals surface area contributed by atoms with Crippen LogP contribution in [0.25, 0.3) is 0 Å². The fourth-order valence-corrected chi connectivity index (χ4v) is 3.02. The van der Waals surface area contributed by atoms with Gasteiger partial charge in [0.15, 0.2) is 6.04 Å². The molecule has 0 aliphatic rings. The van der Waals surface area contributed by atoms with Crippen molar-refractivity contribution in [2.45, 2.75) is 39.7 Å². The van der Waals surface area contributed by atoms with Gasteiger partial charge in [0.25, 0.3) is 0 Å². The summed E-state index contributed by atoms with van der Waals surface area (Å²) in [6.07, 6.45) is 1.90. The molecule has 8 nitrogen and oxygen atoms in total. The number of aryl methyl sites for hydroxylation is 1. The van der Waals surface area contributed by atoms with Gasteiger partial charge in [0, 0.05) is 23.5 Å². The molecule has 1 atom stereocenters. The van der Waals surface area contributed by atoms with Crippen LogP contribution in [0.5, 0.6) is 0 Å². The Kier molecular flexibility index (Phi) is 8.87. The summed E-state index contributed by atoms with van der Waals surface area (Å²) in [7, 11) is 0. The maximum atomic E-state index is 12.7. The molecule has 0 aliphatic heterocycles. The summed E-state index contributed by atoms with van der Waals surface area (Å²) in [4.78, 5) is 24.8. The molecule has 2 aromatic carbocycles. The third-order valence-corrected chi connectivity index (χ3v) is 4.54. The van der Waals surface area contributed by atoms with E-state index in [1.54, 1.807) is 37.3 Å². The molecule has 0 aliphatic carbocycles. The molecule has 0 fully saturated rings. The number of urea groups is 1. The zero-order chi connectivity index (χ0) is 22.8. The van der Waals surface area contributed by atoms with E-state index in [-0.39, 0.29) is 18.5 Å². The zero-order valence-electron chi connectivity index (χ0n) is 18.2. The van der Waals surface area contributed by atoms with Gasteiger partial charge >= 0.3 is 12.0 Å². The second kappa shape index (κ2) is 11.6. The topological polar surface area (TPSA) is 129 Å². The Morgan fingerprint density at radius 1 is 1.10 bits per heavy atom. The quantitative estimate of drug-likeness (QED) is 0.170. The van der Waals surface area contributed by atoms with Crippen molar-refractivity contribution in [1.82, 2.24) is 5.32 Å². The van der Waals surface area contributed by atoms with Crippen LogP contribution in [0.2, 0.25) is 0 Å². The molecule has 0 radical (unpaired) electrons. The molecule has 0 heterocycles. The van der Waals surface area contributed by atoms with E-state index >= 15 is 0 Å². The number of benzene rings is 2. The van der Waals surface area contributed by atoms with E-state index < -0.39 is 12.0 Å². The monoisotopic (exact) mass is 425 g/mol. The van der Waals surface area contributed by atoms with Crippen molar-refractivity contribution >= 4 is 29.2 Å². The van der Waals surface area contributed by atoms with Crippen molar-refractivity contribution in [1.29, 1.82) is 5.41 Å². The van der Waals surface area contributed by atoms with Crippen LogP contribution in [0.15, 0.2) is 42.5 Å². The molecule has 2 rings (SSSR count). The molecule has 2 amide bonds. The summed E-state index contributed by atoms with van der Waals surface area (Å²) in [5.41, 5.74) is 8.92. The van der Waals surface area contributed by atoms with Crippen LogP contribution in [0.3, 0.4) is 0 Å². The van der Waals surface area contributed by atoms with Crippen LogP contribution < -0.4 is 21.7 Å². The first-order valence-corrected chi connectivity index (χ1v) is 10.4. The van der Waals surface area contributed by atoms with Gasteiger partial charge in [0.05, 0.1) is 6.61 Å². The Bertz CT molecular complexity index is 912. The summed E-state index contributed by atoms with van der Waals surface area (Å²) < 4.78 is 5.26. The second-order valence-electron chi connectivity index (χ2n) is 7.19. The van der Waals surface area contributed by atoms with Gasteiger partial charge in [-0.05, 0) is 67.8 Å². The summed E-state index contributed by atoms with van der Waals surface area (Å²) >= 11 is 0. The predicted molar refractivity (Wildman–Crippen MR) is 124 cm³/mol. The summed E-state index contributed by atoms with van der Waals surface area (Å²) in [6, 6.07) is 11.3. The lowest BCUT2D eigenvalue weighted by atomic mass is 10.0. The molecule has 8 heteroatoms. The highest BCUT2D eigenvalue weighted by Gasteiger charge is 2.23. The molecule has 1 unspecified atom stereocenters. The lowest BCUT2D eigenvalue weighted by molar-refractivity contribution is -0.144. The smallest absolute Gasteiger partial charge is 0.333 e. The van der Waals surface area contributed by atoms with Gasteiger partial charge in [-0.25, -0.2) is 9.59 Å². The molecule has 0 bridgehead atoms. The van der Waals surface area contributed by atoms with Crippen LogP contribution in [0.4, 0.5) is 16.2 Å². The standard InChI is InChI=1S/C23H31N5O3/c1-4-6-11-26-23(30)28-19-13-15(3)12-17(14-19)20(22(29)31-5-2)27-18-9-7-16(8-10-18)21(24)25/h7-10,12-14,20,27H,4-6,11H2,1-3H3,(H3,24,25)(H2,26,28,30). The summed E-state index contributed by atoms with van der Waals surface area (Å²) in [6.45, 7) is 6.55. The number of anilines is 2. The number of nitrogens with two attached hydrogens (primary N) is 1. The third-order valence-electron chi connectivity index (χ3n) is 4.54. The number of nitrogen functional groups attached to an aromatic ring is 1. The molecule has 6 N–H and O–H groups in total. The average Bonchev–Trinajstić information content (AvgIpc) is 2.72. The van der Waals surface area contributed by atoms with E-state index in [1.807, 2.05) is 19.1 Å². The van der Waals surface area contributed by atoms with Crippen LogP contribution in [-0.4, -0.2) is 31.0 Å². The number of ether oxygens (including phenoxy) is 1. The van der Waals surface area contributed by atoms with E-state index in [2.05, 4.69) is 22.9 Å². The molecule has 166 valence electrons. The van der Waals surface area contributed by atoms with Crippen molar-refractivity contribution in [3.63, 3.8) is 0 Å². The van der Waals surface area contributed by atoms with Gasteiger partial charge in [-0.2, -0.15) is 0 Å². The number of amidine groups is 1. The first-order chi connectivity index (χ1) is 14.8. The minimum Gasteiger partial charge on any atom is -0.464 e. The highest BCUT2D eigenvalue weighted by Crippen LogP contribution is 2.25. The lowest BCUT2D eigenvalue weighted by Crippen LogP contribution is -2.29. The number of rotatable bonds is 10. The Labute approximate surface area is 183 Å². The molecule has 0 aromatic heterocycles.